The standard InChI is InChI=1S/C19H26N4O3/c1-26-17-8-4-3-7-14(17)16(23-11-5-2-6-12-23)13-20-19(25)15-9-10-18(24)22-21-15/h3-4,7-8,16H,2,5-6,9-13H2,1H3,(H,20,25)(H,22,24). The van der Waals surface area contributed by atoms with E-state index in [1.54, 1.807) is 7.11 Å². The monoisotopic (exact) mass is 358 g/mol. The van der Waals surface area contributed by atoms with Crippen LogP contribution in [0.3, 0.4) is 0 Å². The summed E-state index contributed by atoms with van der Waals surface area (Å²) in [5.74, 6) is 0.461. The highest BCUT2D eigenvalue weighted by atomic mass is 16.5. The molecule has 1 saturated heterocycles. The molecule has 1 aromatic carbocycles. The van der Waals surface area contributed by atoms with E-state index in [-0.39, 0.29) is 17.9 Å². The highest BCUT2D eigenvalue weighted by molar-refractivity contribution is 6.39. The van der Waals surface area contributed by atoms with Gasteiger partial charge in [-0.05, 0) is 32.0 Å². The molecule has 0 saturated carbocycles. The van der Waals surface area contributed by atoms with Gasteiger partial charge in [-0.3, -0.25) is 14.5 Å². The molecule has 26 heavy (non-hydrogen) atoms. The highest BCUT2D eigenvalue weighted by Gasteiger charge is 2.26. The number of hydrazone groups is 1. The minimum atomic E-state index is -0.220. The van der Waals surface area contributed by atoms with Crippen molar-refractivity contribution in [3.05, 3.63) is 29.8 Å². The van der Waals surface area contributed by atoms with Gasteiger partial charge in [0.05, 0.1) is 13.2 Å². The zero-order valence-corrected chi connectivity index (χ0v) is 15.2. The smallest absolute Gasteiger partial charge is 0.267 e. The fourth-order valence-corrected chi connectivity index (χ4v) is 3.54. The van der Waals surface area contributed by atoms with Gasteiger partial charge < -0.3 is 10.1 Å². The summed E-state index contributed by atoms with van der Waals surface area (Å²) in [6.45, 7) is 2.50. The predicted molar refractivity (Wildman–Crippen MR) is 99.0 cm³/mol. The lowest BCUT2D eigenvalue weighted by atomic mass is 10.0. The molecule has 2 heterocycles. The fraction of sp³-hybridized carbons (Fsp3) is 0.526. The van der Waals surface area contributed by atoms with E-state index in [0.717, 1.165) is 24.4 Å². The van der Waals surface area contributed by atoms with Crippen molar-refractivity contribution < 1.29 is 14.3 Å². The Kier molecular flexibility index (Phi) is 6.22. The Morgan fingerprint density at radius 3 is 2.73 bits per heavy atom. The van der Waals surface area contributed by atoms with Gasteiger partial charge in [-0.2, -0.15) is 5.10 Å². The SMILES string of the molecule is COc1ccccc1C(CNC(=O)C1=NNC(=O)CC1)N1CCCCC1. The second-order valence-corrected chi connectivity index (χ2v) is 6.66. The number of carbonyl (C=O) groups is 2. The van der Waals surface area contributed by atoms with Gasteiger partial charge in [-0.1, -0.05) is 24.6 Å². The Morgan fingerprint density at radius 2 is 2.04 bits per heavy atom. The zero-order chi connectivity index (χ0) is 18.4. The molecule has 0 radical (unpaired) electrons. The first-order chi connectivity index (χ1) is 12.7. The van der Waals surface area contributed by atoms with E-state index in [1.165, 1.54) is 19.3 Å². The number of nitrogens with zero attached hydrogens (tertiary/aromatic N) is 2. The number of para-hydroxylation sites is 1. The molecule has 140 valence electrons. The number of ether oxygens (including phenoxy) is 1. The van der Waals surface area contributed by atoms with Crippen LogP contribution in [0.2, 0.25) is 0 Å². The van der Waals surface area contributed by atoms with Crippen molar-refractivity contribution >= 4 is 17.5 Å². The maximum Gasteiger partial charge on any atom is 0.267 e. The van der Waals surface area contributed by atoms with Crippen molar-refractivity contribution in [3.63, 3.8) is 0 Å². The lowest BCUT2D eigenvalue weighted by Gasteiger charge is -2.35. The van der Waals surface area contributed by atoms with Crippen LogP contribution in [-0.4, -0.2) is 49.2 Å². The molecule has 1 unspecified atom stereocenters. The van der Waals surface area contributed by atoms with Gasteiger partial charge in [0.1, 0.15) is 11.5 Å². The summed E-state index contributed by atoms with van der Waals surface area (Å²) in [5, 5.41) is 6.87. The topological polar surface area (TPSA) is 83.0 Å². The largest absolute Gasteiger partial charge is 0.496 e. The van der Waals surface area contributed by atoms with Crippen LogP contribution in [0.15, 0.2) is 29.4 Å². The molecule has 0 bridgehead atoms. The zero-order valence-electron chi connectivity index (χ0n) is 15.2. The van der Waals surface area contributed by atoms with Crippen LogP contribution in [-0.2, 0) is 9.59 Å². The van der Waals surface area contributed by atoms with Gasteiger partial charge in [-0.25, -0.2) is 5.43 Å². The number of methoxy groups -OCH3 is 1. The van der Waals surface area contributed by atoms with Crippen molar-refractivity contribution in [3.8, 4) is 5.75 Å². The molecular formula is C19H26N4O3. The summed E-state index contributed by atoms with van der Waals surface area (Å²) in [5.41, 5.74) is 3.83. The minimum absolute atomic E-state index is 0.0502. The second-order valence-electron chi connectivity index (χ2n) is 6.66. The molecular weight excluding hydrogens is 332 g/mol. The van der Waals surface area contributed by atoms with Crippen LogP contribution >= 0.6 is 0 Å². The van der Waals surface area contributed by atoms with Crippen molar-refractivity contribution in [1.82, 2.24) is 15.6 Å². The molecule has 2 amide bonds. The van der Waals surface area contributed by atoms with E-state index in [2.05, 4.69) is 26.8 Å². The van der Waals surface area contributed by atoms with E-state index < -0.39 is 0 Å². The summed E-state index contributed by atoms with van der Waals surface area (Å²) < 4.78 is 5.54. The van der Waals surface area contributed by atoms with Crippen molar-refractivity contribution in [2.75, 3.05) is 26.7 Å². The number of nitrogens with one attached hydrogen (secondary N) is 2. The molecule has 1 aromatic rings. The van der Waals surface area contributed by atoms with Gasteiger partial charge in [0, 0.05) is 24.9 Å². The van der Waals surface area contributed by atoms with Crippen LogP contribution in [0, 0.1) is 0 Å². The second kappa shape index (κ2) is 8.80. The Balaban J connectivity index is 1.73. The summed E-state index contributed by atoms with van der Waals surface area (Å²) in [6.07, 6.45) is 4.25. The molecule has 7 heteroatoms. The summed E-state index contributed by atoms with van der Waals surface area (Å²) >= 11 is 0. The molecule has 2 N–H and O–H groups in total. The van der Waals surface area contributed by atoms with Crippen molar-refractivity contribution in [2.24, 2.45) is 5.10 Å². The number of piperidine rings is 1. The molecule has 0 spiro atoms. The predicted octanol–water partition coefficient (Wildman–Crippen LogP) is 1.60. The summed E-state index contributed by atoms with van der Waals surface area (Å²) in [7, 11) is 1.67. The third kappa shape index (κ3) is 4.40. The van der Waals surface area contributed by atoms with Crippen molar-refractivity contribution in [1.29, 1.82) is 0 Å². The quantitative estimate of drug-likeness (QED) is 0.809. The number of carbonyl (C=O) groups excluding carboxylic acids is 2. The molecule has 2 aliphatic heterocycles. The van der Waals surface area contributed by atoms with Gasteiger partial charge in [-0.15, -0.1) is 0 Å². The maximum absolute atomic E-state index is 12.4. The lowest BCUT2D eigenvalue weighted by molar-refractivity contribution is -0.121. The number of rotatable bonds is 6. The molecule has 7 nitrogen and oxygen atoms in total. The average molecular weight is 358 g/mol. The van der Waals surface area contributed by atoms with Crippen LogP contribution in [0.4, 0.5) is 0 Å². The Morgan fingerprint density at radius 1 is 1.27 bits per heavy atom. The lowest BCUT2D eigenvalue weighted by Crippen LogP contribution is -2.43. The molecule has 3 rings (SSSR count). The first-order valence-corrected chi connectivity index (χ1v) is 9.19. The van der Waals surface area contributed by atoms with Crippen LogP contribution in [0.5, 0.6) is 5.75 Å². The number of amides is 2. The van der Waals surface area contributed by atoms with E-state index in [4.69, 9.17) is 4.74 Å². The molecule has 0 aromatic heterocycles. The molecule has 1 atom stereocenters. The molecule has 2 aliphatic rings. The third-order valence-electron chi connectivity index (χ3n) is 4.95. The van der Waals surface area contributed by atoms with Crippen LogP contribution in [0.25, 0.3) is 0 Å². The number of likely N-dealkylation sites (tertiary alicyclic amines) is 1. The Labute approximate surface area is 153 Å². The number of hydrogen-bond acceptors (Lipinski definition) is 5. The first kappa shape index (κ1) is 18.4. The highest BCUT2D eigenvalue weighted by Crippen LogP contribution is 2.30. The Bertz CT molecular complexity index is 683. The van der Waals surface area contributed by atoms with Crippen LogP contribution in [0.1, 0.15) is 43.7 Å². The molecule has 0 aliphatic carbocycles. The average Bonchev–Trinajstić information content (AvgIpc) is 2.69. The van der Waals surface area contributed by atoms with Gasteiger partial charge in [0.2, 0.25) is 5.91 Å². The van der Waals surface area contributed by atoms with E-state index in [9.17, 15) is 9.59 Å². The van der Waals surface area contributed by atoms with E-state index >= 15 is 0 Å². The first-order valence-electron chi connectivity index (χ1n) is 9.19. The van der Waals surface area contributed by atoms with Gasteiger partial charge in [0.25, 0.3) is 5.91 Å². The van der Waals surface area contributed by atoms with Crippen LogP contribution < -0.4 is 15.5 Å². The van der Waals surface area contributed by atoms with E-state index in [0.29, 0.717) is 25.1 Å². The van der Waals surface area contributed by atoms with Gasteiger partial charge >= 0.3 is 0 Å². The normalized spacial score (nSPS) is 19.3. The van der Waals surface area contributed by atoms with E-state index in [1.807, 2.05) is 18.2 Å². The number of hydrogen-bond donors (Lipinski definition) is 2. The Hall–Kier alpha value is -2.41. The minimum Gasteiger partial charge on any atom is -0.496 e. The third-order valence-corrected chi connectivity index (χ3v) is 4.95. The van der Waals surface area contributed by atoms with Crippen molar-refractivity contribution in [2.45, 2.75) is 38.1 Å². The maximum atomic E-state index is 12.4. The summed E-state index contributed by atoms with van der Waals surface area (Å²) in [4.78, 5) is 26.0. The summed E-state index contributed by atoms with van der Waals surface area (Å²) in [6, 6.07) is 8.01. The van der Waals surface area contributed by atoms with Gasteiger partial charge in [0.15, 0.2) is 0 Å². The number of benzene rings is 1. The molecule has 1 fully saturated rings. The fourth-order valence-electron chi connectivity index (χ4n) is 3.54.